The number of piperidine rings is 1. The molecule has 0 aromatic heterocycles. The van der Waals surface area contributed by atoms with Crippen LogP contribution in [0.15, 0.2) is 22.7 Å². The maximum atomic E-state index is 10.8. The van der Waals surface area contributed by atoms with Gasteiger partial charge >= 0.3 is 0 Å². The first-order valence-electron chi connectivity index (χ1n) is 6.86. The van der Waals surface area contributed by atoms with Gasteiger partial charge in [0.05, 0.1) is 9.40 Å². The molecule has 1 saturated heterocycles. The average molecular weight is 342 g/mol. The zero-order chi connectivity index (χ0) is 14.7. The monoisotopic (exact) mass is 341 g/mol. The van der Waals surface area contributed by atoms with E-state index in [1.54, 1.807) is 12.1 Å². The maximum absolute atomic E-state index is 10.8. The molecule has 0 saturated carbocycles. The molecule has 0 amide bonds. The van der Waals surface area contributed by atoms with Crippen LogP contribution in [0.2, 0.25) is 0 Å². The molecule has 2 rings (SSSR count). The van der Waals surface area contributed by atoms with Crippen molar-refractivity contribution < 1.29 is 4.92 Å². The van der Waals surface area contributed by atoms with Crippen LogP contribution in [0.1, 0.15) is 19.8 Å². The van der Waals surface area contributed by atoms with Gasteiger partial charge in [-0.2, -0.15) is 0 Å². The molecular formula is C14H20BrN3O2. The predicted octanol–water partition coefficient (Wildman–Crippen LogP) is 3.50. The van der Waals surface area contributed by atoms with Crippen molar-refractivity contribution in [2.75, 3.05) is 25.5 Å². The van der Waals surface area contributed by atoms with Crippen molar-refractivity contribution in [2.24, 2.45) is 5.92 Å². The fourth-order valence-corrected chi connectivity index (χ4v) is 3.18. The van der Waals surface area contributed by atoms with E-state index in [1.165, 1.54) is 18.9 Å². The highest BCUT2D eigenvalue weighted by molar-refractivity contribution is 9.10. The number of halogens is 1. The molecule has 1 heterocycles. The molecule has 1 N–H and O–H groups in total. The highest BCUT2D eigenvalue weighted by Gasteiger charge is 2.22. The van der Waals surface area contributed by atoms with Gasteiger partial charge in [-0.3, -0.25) is 10.1 Å². The number of likely N-dealkylation sites (tertiary alicyclic amines) is 1. The van der Waals surface area contributed by atoms with E-state index in [1.807, 2.05) is 0 Å². The fraction of sp³-hybridized carbons (Fsp3) is 0.571. The predicted molar refractivity (Wildman–Crippen MR) is 84.1 cm³/mol. The number of hydrogen-bond acceptors (Lipinski definition) is 4. The fourth-order valence-electron chi connectivity index (χ4n) is 2.65. The largest absolute Gasteiger partial charge is 0.382 e. The molecule has 0 radical (unpaired) electrons. The molecule has 1 aliphatic rings. The summed E-state index contributed by atoms with van der Waals surface area (Å²) in [5, 5.41) is 14.2. The topological polar surface area (TPSA) is 58.4 Å². The van der Waals surface area contributed by atoms with Crippen molar-refractivity contribution in [2.45, 2.75) is 25.8 Å². The molecule has 1 aromatic carbocycles. The smallest absolute Gasteiger partial charge is 0.283 e. The van der Waals surface area contributed by atoms with Gasteiger partial charge in [0.15, 0.2) is 0 Å². The number of nitrogens with zero attached hydrogens (tertiary/aromatic N) is 2. The Morgan fingerprint density at radius 1 is 1.45 bits per heavy atom. The molecular weight excluding hydrogens is 322 g/mol. The maximum Gasteiger partial charge on any atom is 0.283 e. The molecule has 1 unspecified atom stereocenters. The summed E-state index contributed by atoms with van der Waals surface area (Å²) in [7, 11) is 2.15. The van der Waals surface area contributed by atoms with Crippen LogP contribution in [0.5, 0.6) is 0 Å². The zero-order valence-corrected chi connectivity index (χ0v) is 13.4. The summed E-state index contributed by atoms with van der Waals surface area (Å²) in [6.45, 7) is 4.46. The third-order valence-electron chi connectivity index (χ3n) is 4.01. The van der Waals surface area contributed by atoms with Gasteiger partial charge in [0.25, 0.3) is 5.69 Å². The molecule has 6 heteroatoms. The molecule has 1 fully saturated rings. The van der Waals surface area contributed by atoms with E-state index < -0.39 is 0 Å². The number of nitrogens with one attached hydrogen (secondary N) is 1. The standard InChI is InChI=1S/C14H20BrN3O2/c1-10(11-5-7-17(2)8-6-11)16-12-3-4-14(18(19)20)13(15)9-12/h3-4,9-11,16H,5-8H2,1-2H3. The number of benzene rings is 1. The lowest BCUT2D eigenvalue weighted by molar-refractivity contribution is -0.385. The van der Waals surface area contributed by atoms with Crippen LogP contribution in [0.25, 0.3) is 0 Å². The Kier molecular flexibility index (Phi) is 4.99. The van der Waals surface area contributed by atoms with Crippen molar-refractivity contribution in [3.05, 3.63) is 32.8 Å². The number of anilines is 1. The minimum absolute atomic E-state index is 0.0995. The Balaban J connectivity index is 1.99. The van der Waals surface area contributed by atoms with Gasteiger partial charge in [-0.05, 0) is 73.9 Å². The van der Waals surface area contributed by atoms with Crippen molar-refractivity contribution >= 4 is 27.3 Å². The molecule has 0 aliphatic carbocycles. The van der Waals surface area contributed by atoms with E-state index in [2.05, 4.69) is 40.1 Å². The molecule has 1 aromatic rings. The van der Waals surface area contributed by atoms with Crippen molar-refractivity contribution in [3.63, 3.8) is 0 Å². The molecule has 20 heavy (non-hydrogen) atoms. The van der Waals surface area contributed by atoms with Crippen LogP contribution in [-0.4, -0.2) is 36.0 Å². The Morgan fingerprint density at radius 3 is 2.65 bits per heavy atom. The van der Waals surface area contributed by atoms with Crippen LogP contribution >= 0.6 is 15.9 Å². The minimum Gasteiger partial charge on any atom is -0.382 e. The van der Waals surface area contributed by atoms with Gasteiger partial charge in [0, 0.05) is 17.8 Å². The lowest BCUT2D eigenvalue weighted by atomic mass is 9.90. The van der Waals surface area contributed by atoms with Crippen molar-refractivity contribution in [1.82, 2.24) is 4.90 Å². The van der Waals surface area contributed by atoms with Gasteiger partial charge in [-0.1, -0.05) is 0 Å². The minimum atomic E-state index is -0.381. The second kappa shape index (κ2) is 6.54. The summed E-state index contributed by atoms with van der Waals surface area (Å²) in [6, 6.07) is 5.46. The molecule has 0 spiro atoms. The SMILES string of the molecule is CC(Nc1ccc([N+](=O)[O-])c(Br)c1)C1CCN(C)CC1. The summed E-state index contributed by atoms with van der Waals surface area (Å²) < 4.78 is 0.517. The first-order chi connectivity index (χ1) is 9.47. The zero-order valence-electron chi connectivity index (χ0n) is 11.8. The lowest BCUT2D eigenvalue weighted by Gasteiger charge is -2.33. The van der Waals surface area contributed by atoms with E-state index in [4.69, 9.17) is 0 Å². The normalized spacial score (nSPS) is 18.8. The van der Waals surface area contributed by atoms with E-state index in [-0.39, 0.29) is 10.6 Å². The third-order valence-corrected chi connectivity index (χ3v) is 4.64. The Bertz CT molecular complexity index is 487. The molecule has 1 atom stereocenters. The Morgan fingerprint density at radius 2 is 2.10 bits per heavy atom. The quantitative estimate of drug-likeness (QED) is 0.672. The van der Waals surface area contributed by atoms with Gasteiger partial charge in [0.1, 0.15) is 0 Å². The van der Waals surface area contributed by atoms with Gasteiger partial charge in [0.2, 0.25) is 0 Å². The van der Waals surface area contributed by atoms with Crippen LogP contribution in [0, 0.1) is 16.0 Å². The van der Waals surface area contributed by atoms with Crippen LogP contribution in [0.3, 0.4) is 0 Å². The summed E-state index contributed by atoms with van der Waals surface area (Å²) in [5.74, 6) is 0.653. The van der Waals surface area contributed by atoms with Gasteiger partial charge in [-0.25, -0.2) is 0 Å². The number of hydrogen-bond donors (Lipinski definition) is 1. The van der Waals surface area contributed by atoms with E-state index in [0.29, 0.717) is 16.4 Å². The molecule has 0 bridgehead atoms. The third kappa shape index (κ3) is 3.70. The summed E-state index contributed by atoms with van der Waals surface area (Å²) in [5.41, 5.74) is 1.02. The first kappa shape index (κ1) is 15.3. The van der Waals surface area contributed by atoms with Crippen LogP contribution in [-0.2, 0) is 0 Å². The number of rotatable bonds is 4. The van der Waals surface area contributed by atoms with Crippen molar-refractivity contribution in [3.8, 4) is 0 Å². The second-order valence-electron chi connectivity index (χ2n) is 5.50. The highest BCUT2D eigenvalue weighted by Crippen LogP contribution is 2.29. The Hall–Kier alpha value is -1.14. The second-order valence-corrected chi connectivity index (χ2v) is 6.35. The lowest BCUT2D eigenvalue weighted by Crippen LogP contribution is -2.37. The molecule has 110 valence electrons. The summed E-state index contributed by atoms with van der Waals surface area (Å²) in [6.07, 6.45) is 2.39. The molecule has 5 nitrogen and oxygen atoms in total. The van der Waals surface area contributed by atoms with Crippen LogP contribution < -0.4 is 5.32 Å². The number of nitro benzene ring substituents is 1. The first-order valence-corrected chi connectivity index (χ1v) is 7.65. The van der Waals surface area contributed by atoms with E-state index in [0.717, 1.165) is 18.8 Å². The van der Waals surface area contributed by atoms with Gasteiger partial charge in [-0.15, -0.1) is 0 Å². The van der Waals surface area contributed by atoms with Crippen LogP contribution in [0.4, 0.5) is 11.4 Å². The average Bonchev–Trinajstić information content (AvgIpc) is 2.39. The van der Waals surface area contributed by atoms with Crippen molar-refractivity contribution in [1.29, 1.82) is 0 Å². The molecule has 1 aliphatic heterocycles. The summed E-state index contributed by atoms with van der Waals surface area (Å²) in [4.78, 5) is 12.8. The van der Waals surface area contributed by atoms with Gasteiger partial charge < -0.3 is 10.2 Å². The Labute approximate surface area is 127 Å². The van der Waals surface area contributed by atoms with E-state index >= 15 is 0 Å². The van der Waals surface area contributed by atoms with E-state index in [9.17, 15) is 10.1 Å². The summed E-state index contributed by atoms with van der Waals surface area (Å²) >= 11 is 3.25. The number of nitro groups is 1. The highest BCUT2D eigenvalue weighted by atomic mass is 79.9.